The van der Waals surface area contributed by atoms with Crippen molar-refractivity contribution in [3.8, 4) is 11.3 Å². The lowest BCUT2D eigenvalue weighted by Gasteiger charge is -2.04. The summed E-state index contributed by atoms with van der Waals surface area (Å²) in [5.74, 6) is -0.168. The minimum atomic E-state index is -0.168. The fourth-order valence-corrected chi connectivity index (χ4v) is 3.84. The molecule has 5 nitrogen and oxygen atoms in total. The van der Waals surface area contributed by atoms with Gasteiger partial charge in [-0.2, -0.15) is 5.10 Å². The van der Waals surface area contributed by atoms with Crippen LogP contribution in [0.25, 0.3) is 11.3 Å². The third kappa shape index (κ3) is 1.95. The number of aromatic nitrogens is 3. The highest BCUT2D eigenvalue weighted by molar-refractivity contribution is 7.16. The monoisotopic (exact) mass is 310 g/mol. The summed E-state index contributed by atoms with van der Waals surface area (Å²) in [6.07, 6.45) is 2.58. The molecule has 2 heterocycles. The fourth-order valence-electron chi connectivity index (χ4n) is 2.84. The van der Waals surface area contributed by atoms with Gasteiger partial charge in [-0.05, 0) is 18.1 Å². The van der Waals surface area contributed by atoms with Gasteiger partial charge in [-0.25, -0.2) is 4.98 Å². The first-order valence-electron chi connectivity index (χ1n) is 7.01. The largest absolute Gasteiger partial charge is 0.296 e. The molecule has 0 unspecified atom stereocenters. The quantitative estimate of drug-likeness (QED) is 0.619. The summed E-state index contributed by atoms with van der Waals surface area (Å²) >= 11 is 1.54. The van der Waals surface area contributed by atoms with E-state index < -0.39 is 0 Å². The smallest absolute Gasteiger partial charge is 0.275 e. The van der Waals surface area contributed by atoms with Gasteiger partial charge in [0.1, 0.15) is 5.69 Å². The van der Waals surface area contributed by atoms with Crippen molar-refractivity contribution in [2.24, 2.45) is 7.05 Å². The van der Waals surface area contributed by atoms with Crippen molar-refractivity contribution in [3.05, 3.63) is 52.2 Å². The van der Waals surface area contributed by atoms with Gasteiger partial charge in [0.2, 0.25) is 0 Å². The van der Waals surface area contributed by atoms with Gasteiger partial charge < -0.3 is 0 Å². The van der Waals surface area contributed by atoms with E-state index in [2.05, 4.69) is 27.5 Å². The number of nitrogens with one attached hydrogen (secondary N) is 1. The standard InChI is InChI=1S/C16H14N4OS/c1-9-8-17-20(2)14(9)15(21)19-16-18-13-11-6-4-3-5-10(11)7-12(13)22-16/h3-6,8H,7H2,1-2H3,(H,18,19,21). The molecule has 3 aromatic rings. The van der Waals surface area contributed by atoms with Crippen LogP contribution in [0.3, 0.4) is 0 Å². The van der Waals surface area contributed by atoms with Crippen LogP contribution in [0.4, 0.5) is 5.13 Å². The zero-order valence-corrected chi connectivity index (χ0v) is 13.1. The number of hydrogen-bond acceptors (Lipinski definition) is 4. The molecule has 0 saturated carbocycles. The molecule has 0 fully saturated rings. The SMILES string of the molecule is Cc1cnn(C)c1C(=O)Nc1nc2c(s1)Cc1ccccc1-2. The van der Waals surface area contributed by atoms with E-state index in [1.807, 2.05) is 19.1 Å². The Labute approximate surface area is 131 Å². The van der Waals surface area contributed by atoms with Crippen LogP contribution >= 0.6 is 11.3 Å². The molecule has 6 heteroatoms. The number of hydrogen-bond donors (Lipinski definition) is 1. The zero-order chi connectivity index (χ0) is 15.3. The summed E-state index contributed by atoms with van der Waals surface area (Å²) in [6.45, 7) is 1.87. The number of carbonyl (C=O) groups excluding carboxylic acids is 1. The van der Waals surface area contributed by atoms with E-state index in [0.29, 0.717) is 10.8 Å². The number of nitrogens with zero attached hydrogens (tertiary/aromatic N) is 3. The Hall–Kier alpha value is -2.47. The molecule has 1 aromatic carbocycles. The fraction of sp³-hybridized carbons (Fsp3) is 0.188. The maximum atomic E-state index is 12.4. The number of thiazole rings is 1. The Morgan fingerprint density at radius 2 is 2.18 bits per heavy atom. The van der Waals surface area contributed by atoms with E-state index in [-0.39, 0.29) is 5.91 Å². The lowest BCUT2D eigenvalue weighted by Crippen LogP contribution is -2.17. The molecule has 110 valence electrons. The van der Waals surface area contributed by atoms with Crippen molar-refractivity contribution < 1.29 is 4.79 Å². The lowest BCUT2D eigenvalue weighted by atomic mass is 10.1. The average molecular weight is 310 g/mol. The molecule has 1 aliphatic rings. The second-order valence-electron chi connectivity index (χ2n) is 5.38. The molecule has 1 amide bonds. The Kier molecular flexibility index (Phi) is 2.87. The third-order valence-corrected chi connectivity index (χ3v) is 4.85. The second-order valence-corrected chi connectivity index (χ2v) is 6.46. The zero-order valence-electron chi connectivity index (χ0n) is 12.3. The molecule has 0 atom stereocenters. The summed E-state index contributed by atoms with van der Waals surface area (Å²) in [4.78, 5) is 18.2. The molecule has 0 saturated heterocycles. The summed E-state index contributed by atoms with van der Waals surface area (Å²) in [5, 5.41) is 7.64. The van der Waals surface area contributed by atoms with Gasteiger partial charge in [-0.3, -0.25) is 14.8 Å². The van der Waals surface area contributed by atoms with Crippen molar-refractivity contribution in [1.29, 1.82) is 0 Å². The number of benzene rings is 1. The van der Waals surface area contributed by atoms with Crippen LogP contribution in [-0.4, -0.2) is 20.7 Å². The molecule has 2 aromatic heterocycles. The molecule has 0 radical (unpaired) electrons. The summed E-state index contributed by atoms with van der Waals surface area (Å²) < 4.78 is 1.58. The van der Waals surface area contributed by atoms with Gasteiger partial charge in [-0.1, -0.05) is 24.3 Å². The maximum Gasteiger partial charge on any atom is 0.275 e. The van der Waals surface area contributed by atoms with E-state index in [1.165, 1.54) is 16.0 Å². The van der Waals surface area contributed by atoms with Crippen molar-refractivity contribution in [2.45, 2.75) is 13.3 Å². The predicted molar refractivity (Wildman–Crippen MR) is 86.3 cm³/mol. The topological polar surface area (TPSA) is 59.8 Å². The first-order chi connectivity index (χ1) is 10.6. The Morgan fingerprint density at radius 3 is 2.95 bits per heavy atom. The molecule has 1 N–H and O–H groups in total. The summed E-state index contributed by atoms with van der Waals surface area (Å²) in [6, 6.07) is 8.27. The van der Waals surface area contributed by atoms with Gasteiger partial charge in [0.05, 0.1) is 11.9 Å². The van der Waals surface area contributed by atoms with Gasteiger partial charge >= 0.3 is 0 Å². The van der Waals surface area contributed by atoms with Crippen LogP contribution in [0, 0.1) is 6.92 Å². The van der Waals surface area contributed by atoms with E-state index in [1.54, 1.807) is 29.3 Å². The van der Waals surface area contributed by atoms with Crippen molar-refractivity contribution >= 4 is 22.4 Å². The normalized spacial score (nSPS) is 12.1. The Balaban J connectivity index is 1.64. The molecule has 22 heavy (non-hydrogen) atoms. The molecule has 4 rings (SSSR count). The first kappa shape index (κ1) is 13.2. The highest BCUT2D eigenvalue weighted by Gasteiger charge is 2.24. The van der Waals surface area contributed by atoms with E-state index in [9.17, 15) is 4.79 Å². The molecule has 0 spiro atoms. The van der Waals surface area contributed by atoms with Crippen LogP contribution in [0.5, 0.6) is 0 Å². The third-order valence-electron chi connectivity index (χ3n) is 3.88. The second kappa shape index (κ2) is 4.78. The number of carbonyl (C=O) groups is 1. The molecular formula is C16H14N4OS. The molecule has 0 aliphatic heterocycles. The summed E-state index contributed by atoms with van der Waals surface area (Å²) in [5.41, 5.74) is 4.89. The van der Waals surface area contributed by atoms with Gasteiger partial charge in [0, 0.05) is 23.9 Å². The molecular weight excluding hydrogens is 296 g/mol. The lowest BCUT2D eigenvalue weighted by molar-refractivity contribution is 0.101. The van der Waals surface area contributed by atoms with Gasteiger partial charge in [0.15, 0.2) is 5.13 Å². The van der Waals surface area contributed by atoms with Crippen molar-refractivity contribution in [2.75, 3.05) is 5.32 Å². The molecule has 0 bridgehead atoms. The predicted octanol–water partition coefficient (Wildman–Crippen LogP) is 3.01. The number of anilines is 1. The highest BCUT2D eigenvalue weighted by atomic mass is 32.1. The van der Waals surface area contributed by atoms with Crippen LogP contribution in [0.2, 0.25) is 0 Å². The minimum Gasteiger partial charge on any atom is -0.296 e. The first-order valence-corrected chi connectivity index (χ1v) is 7.83. The van der Waals surface area contributed by atoms with Crippen molar-refractivity contribution in [3.63, 3.8) is 0 Å². The van der Waals surface area contributed by atoms with E-state index >= 15 is 0 Å². The van der Waals surface area contributed by atoms with Crippen molar-refractivity contribution in [1.82, 2.24) is 14.8 Å². The number of fused-ring (bicyclic) bond motifs is 3. The maximum absolute atomic E-state index is 12.4. The van der Waals surface area contributed by atoms with Gasteiger partial charge in [-0.15, -0.1) is 11.3 Å². The Bertz CT molecular complexity index is 874. The average Bonchev–Trinajstić information content (AvgIpc) is 3.12. The van der Waals surface area contributed by atoms with E-state index in [4.69, 9.17) is 0 Å². The minimum absolute atomic E-state index is 0.168. The van der Waals surface area contributed by atoms with Gasteiger partial charge in [0.25, 0.3) is 5.91 Å². The number of rotatable bonds is 2. The highest BCUT2D eigenvalue weighted by Crippen LogP contribution is 2.40. The number of aryl methyl sites for hydroxylation is 2. The number of amides is 1. The van der Waals surface area contributed by atoms with Crippen LogP contribution in [-0.2, 0) is 13.5 Å². The molecule has 1 aliphatic carbocycles. The van der Waals surface area contributed by atoms with Crippen LogP contribution in [0.1, 0.15) is 26.5 Å². The summed E-state index contributed by atoms with van der Waals surface area (Å²) in [7, 11) is 1.76. The van der Waals surface area contributed by atoms with Crippen LogP contribution < -0.4 is 5.32 Å². The van der Waals surface area contributed by atoms with E-state index in [0.717, 1.165) is 17.7 Å². The Morgan fingerprint density at radius 1 is 1.36 bits per heavy atom. The van der Waals surface area contributed by atoms with Crippen LogP contribution in [0.15, 0.2) is 30.5 Å².